The molecule has 0 spiro atoms. The van der Waals surface area contributed by atoms with Crippen molar-refractivity contribution in [2.24, 2.45) is 0 Å². The zero-order chi connectivity index (χ0) is 9.84. The van der Waals surface area contributed by atoms with E-state index in [1.165, 1.54) is 0 Å². The fraction of sp³-hybridized carbons (Fsp3) is 0.556. The molecule has 1 atom stereocenters. The van der Waals surface area contributed by atoms with Gasteiger partial charge >= 0.3 is 5.97 Å². The minimum atomic E-state index is -0.824. The molecule has 1 aromatic rings. The van der Waals surface area contributed by atoms with E-state index in [1.807, 2.05) is 6.92 Å². The van der Waals surface area contributed by atoms with E-state index in [9.17, 15) is 4.79 Å². The Kier molecular flexibility index (Phi) is 3.06. The van der Waals surface area contributed by atoms with Crippen LogP contribution < -0.4 is 0 Å². The standard InChI is InChI=1S/C9H14N2O2/c1-3-4-8-10-5-6-11(8)7(2)9(12)13/h5-7H,3-4H2,1-2H3,(H,12,13). The van der Waals surface area contributed by atoms with Crippen LogP contribution in [0.5, 0.6) is 0 Å². The maximum atomic E-state index is 10.7. The number of carboxylic acid groups (broad SMARTS) is 1. The number of hydrogen-bond acceptors (Lipinski definition) is 2. The van der Waals surface area contributed by atoms with Crippen LogP contribution in [-0.2, 0) is 11.2 Å². The van der Waals surface area contributed by atoms with Gasteiger partial charge in [-0.3, -0.25) is 0 Å². The Bertz CT molecular complexity index is 294. The lowest BCUT2D eigenvalue weighted by atomic mass is 10.3. The molecule has 0 amide bonds. The molecule has 4 nitrogen and oxygen atoms in total. The molecule has 1 N–H and O–H groups in total. The minimum absolute atomic E-state index is 0.524. The zero-order valence-corrected chi connectivity index (χ0v) is 7.90. The lowest BCUT2D eigenvalue weighted by molar-refractivity contribution is -0.140. The van der Waals surface area contributed by atoms with Crippen LogP contribution in [0.2, 0.25) is 0 Å². The van der Waals surface area contributed by atoms with Gasteiger partial charge in [0.05, 0.1) is 0 Å². The van der Waals surface area contributed by atoms with Crippen molar-refractivity contribution >= 4 is 5.97 Å². The van der Waals surface area contributed by atoms with Gasteiger partial charge in [0.2, 0.25) is 0 Å². The fourth-order valence-electron chi connectivity index (χ4n) is 1.23. The fourth-order valence-corrected chi connectivity index (χ4v) is 1.23. The summed E-state index contributed by atoms with van der Waals surface area (Å²) in [6.07, 6.45) is 5.15. The van der Waals surface area contributed by atoms with E-state index in [2.05, 4.69) is 4.98 Å². The lowest BCUT2D eigenvalue weighted by Crippen LogP contribution is -2.17. The summed E-state index contributed by atoms with van der Waals surface area (Å²) in [5, 5.41) is 8.80. The first-order valence-corrected chi connectivity index (χ1v) is 4.41. The highest BCUT2D eigenvalue weighted by atomic mass is 16.4. The van der Waals surface area contributed by atoms with Crippen molar-refractivity contribution in [3.05, 3.63) is 18.2 Å². The first-order valence-electron chi connectivity index (χ1n) is 4.41. The van der Waals surface area contributed by atoms with Gasteiger partial charge in [-0.15, -0.1) is 0 Å². The van der Waals surface area contributed by atoms with E-state index in [4.69, 9.17) is 5.11 Å². The Hall–Kier alpha value is -1.32. The average molecular weight is 182 g/mol. The molecule has 13 heavy (non-hydrogen) atoms. The molecule has 0 bridgehead atoms. The molecule has 4 heteroatoms. The van der Waals surface area contributed by atoms with E-state index >= 15 is 0 Å². The van der Waals surface area contributed by atoms with E-state index in [-0.39, 0.29) is 0 Å². The summed E-state index contributed by atoms with van der Waals surface area (Å²) >= 11 is 0. The largest absolute Gasteiger partial charge is 0.480 e. The van der Waals surface area contributed by atoms with Gasteiger partial charge in [-0.2, -0.15) is 0 Å². The Morgan fingerprint density at radius 3 is 3.00 bits per heavy atom. The maximum absolute atomic E-state index is 10.7. The van der Waals surface area contributed by atoms with E-state index in [0.717, 1.165) is 18.7 Å². The van der Waals surface area contributed by atoms with Crippen molar-refractivity contribution in [1.82, 2.24) is 9.55 Å². The molecule has 0 aliphatic carbocycles. The SMILES string of the molecule is CCCc1nccn1C(C)C(=O)O. The first kappa shape index (κ1) is 9.77. The predicted molar refractivity (Wildman–Crippen MR) is 48.6 cm³/mol. The van der Waals surface area contributed by atoms with Crippen molar-refractivity contribution in [1.29, 1.82) is 0 Å². The van der Waals surface area contributed by atoms with Gasteiger partial charge in [-0.1, -0.05) is 6.92 Å². The summed E-state index contributed by atoms with van der Waals surface area (Å²) in [7, 11) is 0. The monoisotopic (exact) mass is 182 g/mol. The highest BCUT2D eigenvalue weighted by Crippen LogP contribution is 2.10. The lowest BCUT2D eigenvalue weighted by Gasteiger charge is -2.10. The molecule has 72 valence electrons. The number of aryl methyl sites for hydroxylation is 1. The van der Waals surface area contributed by atoms with E-state index < -0.39 is 12.0 Å². The molecule has 1 aromatic heterocycles. The van der Waals surface area contributed by atoms with Gasteiger partial charge in [-0.05, 0) is 13.3 Å². The van der Waals surface area contributed by atoms with Crippen molar-refractivity contribution in [3.63, 3.8) is 0 Å². The van der Waals surface area contributed by atoms with Gasteiger partial charge in [-0.25, -0.2) is 9.78 Å². The number of carboxylic acids is 1. The molecule has 1 heterocycles. The van der Waals surface area contributed by atoms with Gasteiger partial charge in [0.15, 0.2) is 0 Å². The Morgan fingerprint density at radius 1 is 1.77 bits per heavy atom. The number of nitrogens with zero attached hydrogens (tertiary/aromatic N) is 2. The maximum Gasteiger partial charge on any atom is 0.326 e. The molecule has 1 unspecified atom stereocenters. The number of rotatable bonds is 4. The van der Waals surface area contributed by atoms with Crippen molar-refractivity contribution < 1.29 is 9.90 Å². The molecule has 0 aliphatic rings. The summed E-state index contributed by atoms with van der Waals surface area (Å²) < 4.78 is 1.70. The van der Waals surface area contributed by atoms with Gasteiger partial charge < -0.3 is 9.67 Å². The van der Waals surface area contributed by atoms with Crippen LogP contribution in [0, 0.1) is 0 Å². The summed E-state index contributed by atoms with van der Waals surface area (Å²) in [6.45, 7) is 3.70. The first-order chi connectivity index (χ1) is 6.16. The Labute approximate surface area is 77.2 Å². The van der Waals surface area contributed by atoms with Crippen molar-refractivity contribution in [3.8, 4) is 0 Å². The molecule has 0 fully saturated rings. The van der Waals surface area contributed by atoms with Crippen molar-refractivity contribution in [2.45, 2.75) is 32.7 Å². The third-order valence-electron chi connectivity index (χ3n) is 2.00. The second kappa shape index (κ2) is 4.07. The van der Waals surface area contributed by atoms with E-state index in [0.29, 0.717) is 0 Å². The molecule has 0 aromatic carbocycles. The van der Waals surface area contributed by atoms with Gasteiger partial charge in [0.1, 0.15) is 11.9 Å². The van der Waals surface area contributed by atoms with Crippen LogP contribution in [0.4, 0.5) is 0 Å². The normalized spacial score (nSPS) is 12.8. The minimum Gasteiger partial charge on any atom is -0.480 e. The smallest absolute Gasteiger partial charge is 0.326 e. The quantitative estimate of drug-likeness (QED) is 0.767. The van der Waals surface area contributed by atoms with E-state index in [1.54, 1.807) is 23.9 Å². The van der Waals surface area contributed by atoms with Gasteiger partial charge in [0, 0.05) is 18.8 Å². The van der Waals surface area contributed by atoms with Crippen LogP contribution in [0.25, 0.3) is 0 Å². The summed E-state index contributed by atoms with van der Waals surface area (Å²) in [5.74, 6) is 0.0211. The van der Waals surface area contributed by atoms with Crippen LogP contribution in [0.15, 0.2) is 12.4 Å². The Balaban J connectivity index is 2.86. The molecule has 0 aliphatic heterocycles. The number of hydrogen-bond donors (Lipinski definition) is 1. The second-order valence-electron chi connectivity index (χ2n) is 3.01. The molecular weight excluding hydrogens is 168 g/mol. The molecule has 1 rings (SSSR count). The molecule has 0 saturated carbocycles. The highest BCUT2D eigenvalue weighted by molar-refractivity contribution is 5.71. The van der Waals surface area contributed by atoms with Crippen LogP contribution in [-0.4, -0.2) is 20.6 Å². The zero-order valence-electron chi connectivity index (χ0n) is 7.90. The number of imidazole rings is 1. The number of carbonyl (C=O) groups is 1. The third-order valence-corrected chi connectivity index (χ3v) is 2.00. The summed E-state index contributed by atoms with van der Waals surface area (Å²) in [6, 6.07) is -0.524. The average Bonchev–Trinajstić information content (AvgIpc) is 2.52. The van der Waals surface area contributed by atoms with Crippen molar-refractivity contribution in [2.75, 3.05) is 0 Å². The summed E-state index contributed by atoms with van der Waals surface area (Å²) in [5.41, 5.74) is 0. The third kappa shape index (κ3) is 2.08. The number of aliphatic carboxylic acids is 1. The Morgan fingerprint density at radius 2 is 2.46 bits per heavy atom. The topological polar surface area (TPSA) is 55.1 Å². The van der Waals surface area contributed by atoms with Crippen LogP contribution >= 0.6 is 0 Å². The molecule has 0 saturated heterocycles. The van der Waals surface area contributed by atoms with Crippen LogP contribution in [0.1, 0.15) is 32.1 Å². The molecular formula is C9H14N2O2. The second-order valence-corrected chi connectivity index (χ2v) is 3.01. The predicted octanol–water partition coefficient (Wildman–Crippen LogP) is 1.48. The van der Waals surface area contributed by atoms with Gasteiger partial charge in [0.25, 0.3) is 0 Å². The highest BCUT2D eigenvalue weighted by Gasteiger charge is 2.15. The van der Waals surface area contributed by atoms with Crippen LogP contribution in [0.3, 0.4) is 0 Å². The number of aromatic nitrogens is 2. The molecule has 0 radical (unpaired) electrons. The summed E-state index contributed by atoms with van der Waals surface area (Å²) in [4.78, 5) is 14.8.